The Bertz CT molecular complexity index is 104. The fourth-order valence-electron chi connectivity index (χ4n) is 0.557. The predicted molar refractivity (Wildman–Crippen MR) is 39.8 cm³/mol. The molecular weight excluding hydrogens is 130 g/mol. The number of ether oxygens (including phenoxy) is 1. The van der Waals surface area contributed by atoms with Gasteiger partial charge in [0.25, 0.3) is 0 Å². The molecule has 0 unspecified atom stereocenters. The zero-order chi connectivity index (χ0) is 7.98. The molecule has 0 spiro atoms. The van der Waals surface area contributed by atoms with Crippen LogP contribution in [0.25, 0.3) is 0 Å². The Morgan fingerprint density at radius 2 is 2.20 bits per heavy atom. The molecule has 0 aromatic carbocycles. The van der Waals surface area contributed by atoms with Crippen LogP contribution in [-0.4, -0.2) is 38.1 Å². The average molecular weight is 145 g/mol. The van der Waals surface area contributed by atoms with Gasteiger partial charge in [0, 0.05) is 20.7 Å². The van der Waals surface area contributed by atoms with E-state index in [9.17, 15) is 4.79 Å². The molecule has 10 heavy (non-hydrogen) atoms. The first kappa shape index (κ1) is 9.43. The van der Waals surface area contributed by atoms with E-state index in [4.69, 9.17) is 4.74 Å². The topological polar surface area (TPSA) is 29.5 Å². The molecule has 0 aromatic heterocycles. The van der Waals surface area contributed by atoms with Crippen LogP contribution in [0.1, 0.15) is 13.3 Å². The summed E-state index contributed by atoms with van der Waals surface area (Å²) in [6.07, 6.45) is 0.487. The summed E-state index contributed by atoms with van der Waals surface area (Å²) < 4.78 is 4.76. The van der Waals surface area contributed by atoms with Gasteiger partial charge in [-0.25, -0.2) is 0 Å². The van der Waals surface area contributed by atoms with Gasteiger partial charge >= 0.3 is 0 Å². The van der Waals surface area contributed by atoms with E-state index in [0.29, 0.717) is 13.0 Å². The number of rotatable bonds is 4. The van der Waals surface area contributed by atoms with Crippen LogP contribution in [-0.2, 0) is 9.53 Å². The maximum absolute atomic E-state index is 11.0. The van der Waals surface area contributed by atoms with Gasteiger partial charge in [0.2, 0.25) is 5.91 Å². The molecule has 0 aliphatic heterocycles. The maximum Gasteiger partial charge on any atom is 0.224 e. The lowest BCUT2D eigenvalue weighted by Crippen LogP contribution is -2.26. The number of hydrogen-bond acceptors (Lipinski definition) is 2. The van der Waals surface area contributed by atoms with Crippen molar-refractivity contribution in [3.8, 4) is 0 Å². The number of nitrogens with zero attached hydrogens (tertiary/aromatic N) is 1. The summed E-state index contributed by atoms with van der Waals surface area (Å²) in [7, 11) is 3.39. The van der Waals surface area contributed by atoms with Crippen molar-refractivity contribution in [3.05, 3.63) is 0 Å². The first-order valence-electron chi connectivity index (χ1n) is 3.45. The fraction of sp³-hybridized carbons (Fsp3) is 0.857. The minimum Gasteiger partial charge on any atom is -0.384 e. The van der Waals surface area contributed by atoms with Gasteiger partial charge in [-0.3, -0.25) is 4.79 Å². The van der Waals surface area contributed by atoms with Crippen molar-refractivity contribution in [1.29, 1.82) is 0 Å². The Morgan fingerprint density at radius 3 is 2.60 bits per heavy atom. The largest absolute Gasteiger partial charge is 0.384 e. The van der Waals surface area contributed by atoms with Gasteiger partial charge in [-0.1, -0.05) is 0 Å². The summed E-state index contributed by atoms with van der Waals surface area (Å²) in [5, 5.41) is 0. The quantitative estimate of drug-likeness (QED) is 0.576. The Labute approximate surface area is 62.0 Å². The molecule has 3 heteroatoms. The molecule has 0 aliphatic rings. The number of methoxy groups -OCH3 is 1. The molecule has 0 aliphatic carbocycles. The van der Waals surface area contributed by atoms with Crippen LogP contribution >= 0.6 is 0 Å². The third-order valence-electron chi connectivity index (χ3n) is 1.42. The summed E-state index contributed by atoms with van der Waals surface area (Å²) >= 11 is 0. The highest BCUT2D eigenvalue weighted by Crippen LogP contribution is 1.89. The number of amides is 1. The molecule has 0 rings (SSSR count). The lowest BCUT2D eigenvalue weighted by atomic mass is 10.4. The van der Waals surface area contributed by atoms with Crippen molar-refractivity contribution in [3.63, 3.8) is 0 Å². The molecule has 0 atom stereocenters. The highest BCUT2D eigenvalue weighted by atomic mass is 16.5. The molecule has 0 saturated carbocycles. The monoisotopic (exact) mass is 145 g/mol. The normalized spacial score (nSPS) is 9.50. The van der Waals surface area contributed by atoms with Gasteiger partial charge in [-0.15, -0.1) is 0 Å². The van der Waals surface area contributed by atoms with Crippen LogP contribution in [0.5, 0.6) is 0 Å². The second-order valence-corrected chi connectivity index (χ2v) is 2.15. The third-order valence-corrected chi connectivity index (χ3v) is 1.42. The van der Waals surface area contributed by atoms with E-state index in [-0.39, 0.29) is 5.91 Å². The van der Waals surface area contributed by atoms with E-state index in [0.717, 1.165) is 6.54 Å². The molecule has 0 fully saturated rings. The van der Waals surface area contributed by atoms with Crippen molar-refractivity contribution in [2.24, 2.45) is 0 Å². The van der Waals surface area contributed by atoms with Crippen LogP contribution in [0.15, 0.2) is 0 Å². The van der Waals surface area contributed by atoms with Crippen LogP contribution in [0.4, 0.5) is 0 Å². The molecule has 0 aromatic rings. The van der Waals surface area contributed by atoms with E-state index < -0.39 is 0 Å². The van der Waals surface area contributed by atoms with Gasteiger partial charge in [0.1, 0.15) is 0 Å². The Morgan fingerprint density at radius 1 is 1.60 bits per heavy atom. The lowest BCUT2D eigenvalue weighted by Gasteiger charge is -2.13. The van der Waals surface area contributed by atoms with Crippen molar-refractivity contribution in [2.45, 2.75) is 13.3 Å². The van der Waals surface area contributed by atoms with Crippen molar-refractivity contribution >= 4 is 5.91 Å². The van der Waals surface area contributed by atoms with Crippen LogP contribution in [0.3, 0.4) is 0 Å². The minimum absolute atomic E-state index is 0.143. The van der Waals surface area contributed by atoms with Crippen LogP contribution < -0.4 is 0 Å². The van der Waals surface area contributed by atoms with Crippen LogP contribution in [0.2, 0.25) is 0 Å². The highest BCUT2D eigenvalue weighted by Gasteiger charge is 2.03. The van der Waals surface area contributed by atoms with Crippen molar-refractivity contribution < 1.29 is 9.53 Å². The molecule has 1 amide bonds. The predicted octanol–water partition coefficient (Wildman–Crippen LogP) is 0.501. The first-order chi connectivity index (χ1) is 4.72. The van der Waals surface area contributed by atoms with Gasteiger partial charge in [0.15, 0.2) is 0 Å². The summed E-state index contributed by atoms with van der Waals surface area (Å²) in [5.74, 6) is 0.143. The molecule has 0 bridgehead atoms. The molecule has 0 heterocycles. The van der Waals surface area contributed by atoms with E-state index in [2.05, 4.69) is 0 Å². The zero-order valence-corrected chi connectivity index (χ0v) is 6.89. The summed E-state index contributed by atoms with van der Waals surface area (Å²) in [4.78, 5) is 12.7. The Kier molecular flexibility index (Phi) is 4.94. The molecular formula is C7H15NO2. The number of carbonyl (C=O) groups excluding carboxylic acids is 1. The molecule has 3 nitrogen and oxygen atoms in total. The SMILES string of the molecule is CCN(C)C(=O)CCOC. The minimum atomic E-state index is 0.143. The van der Waals surface area contributed by atoms with Crippen molar-refractivity contribution in [2.75, 3.05) is 27.3 Å². The Balaban J connectivity index is 3.42. The van der Waals surface area contributed by atoms with Crippen molar-refractivity contribution in [1.82, 2.24) is 4.90 Å². The maximum atomic E-state index is 11.0. The van der Waals surface area contributed by atoms with Gasteiger partial charge < -0.3 is 9.64 Å². The average Bonchev–Trinajstić information content (AvgIpc) is 1.98. The standard InChI is InChI=1S/C7H15NO2/c1-4-8(2)7(9)5-6-10-3/h4-6H2,1-3H3. The molecule has 0 saturated heterocycles. The van der Waals surface area contributed by atoms with E-state index >= 15 is 0 Å². The van der Waals surface area contributed by atoms with E-state index in [1.165, 1.54) is 0 Å². The molecule has 60 valence electrons. The fourth-order valence-corrected chi connectivity index (χ4v) is 0.557. The molecule has 0 N–H and O–H groups in total. The number of hydrogen-bond donors (Lipinski definition) is 0. The first-order valence-corrected chi connectivity index (χ1v) is 3.45. The lowest BCUT2D eigenvalue weighted by molar-refractivity contribution is -0.130. The smallest absolute Gasteiger partial charge is 0.224 e. The highest BCUT2D eigenvalue weighted by molar-refractivity contribution is 5.75. The summed E-state index contributed by atoms with van der Waals surface area (Å²) in [5.41, 5.74) is 0. The Hall–Kier alpha value is -0.570. The van der Waals surface area contributed by atoms with E-state index in [1.54, 1.807) is 19.1 Å². The number of carbonyl (C=O) groups is 1. The van der Waals surface area contributed by atoms with E-state index in [1.807, 2.05) is 6.92 Å². The third kappa shape index (κ3) is 3.45. The van der Waals surface area contributed by atoms with Gasteiger partial charge in [-0.2, -0.15) is 0 Å². The van der Waals surface area contributed by atoms with Crippen LogP contribution in [0, 0.1) is 0 Å². The van der Waals surface area contributed by atoms with Gasteiger partial charge in [0.05, 0.1) is 13.0 Å². The van der Waals surface area contributed by atoms with Gasteiger partial charge in [-0.05, 0) is 6.92 Å². The zero-order valence-electron chi connectivity index (χ0n) is 6.89. The summed E-state index contributed by atoms with van der Waals surface area (Å²) in [6, 6.07) is 0. The second-order valence-electron chi connectivity index (χ2n) is 2.15. The summed E-state index contributed by atoms with van der Waals surface area (Å²) in [6.45, 7) is 3.23. The molecule has 0 radical (unpaired) electrons. The second kappa shape index (κ2) is 5.23.